The molecule has 4 bridgehead atoms. The second-order valence-corrected chi connectivity index (χ2v) is 14.4. The first-order chi connectivity index (χ1) is 19.0. The Kier molecular flexibility index (Phi) is 8.38. The summed E-state index contributed by atoms with van der Waals surface area (Å²) >= 11 is 6.68. The number of rotatable bonds is 10. The van der Waals surface area contributed by atoms with Crippen LogP contribution >= 0.6 is 24.0 Å². The van der Waals surface area contributed by atoms with Gasteiger partial charge in [-0.2, -0.15) is 0 Å². The normalized spacial score (nSPS) is 45.2. The van der Waals surface area contributed by atoms with E-state index in [0.29, 0.717) is 35.7 Å². The fourth-order valence-corrected chi connectivity index (χ4v) is 9.99. The van der Waals surface area contributed by atoms with Crippen molar-refractivity contribution in [1.82, 2.24) is 0 Å². The number of carboxylic acid groups (broad SMARTS) is 1. The van der Waals surface area contributed by atoms with Crippen molar-refractivity contribution in [2.75, 3.05) is 19.5 Å². The van der Waals surface area contributed by atoms with Gasteiger partial charge in [0.05, 0.1) is 24.7 Å². The van der Waals surface area contributed by atoms with E-state index in [-0.39, 0.29) is 36.6 Å². The molecule has 11 atom stereocenters. The van der Waals surface area contributed by atoms with E-state index in [1.807, 2.05) is 13.2 Å². The van der Waals surface area contributed by atoms with Crippen molar-refractivity contribution in [1.29, 1.82) is 0 Å². The molecule has 1 aliphatic heterocycles. The number of carbonyl (C=O) groups is 2. The van der Waals surface area contributed by atoms with Crippen LogP contribution in [0, 0.1) is 45.8 Å². The average molecular weight is 593 g/mol. The number of thiocarbonyl (C=S) groups is 1. The molecule has 1 N–H and O–H groups in total. The third kappa shape index (κ3) is 4.12. The maximum Gasteiger partial charge on any atom is 0.315 e. The van der Waals surface area contributed by atoms with E-state index in [2.05, 4.69) is 33.4 Å². The van der Waals surface area contributed by atoms with Crippen molar-refractivity contribution >= 4 is 40.6 Å². The van der Waals surface area contributed by atoms with Crippen molar-refractivity contribution in [3.05, 3.63) is 24.3 Å². The number of hydrogen-bond acceptors (Lipinski definition) is 8. The molecule has 4 aliphatic carbocycles. The van der Waals surface area contributed by atoms with Crippen molar-refractivity contribution < 1.29 is 33.6 Å². The molecule has 0 amide bonds. The summed E-state index contributed by atoms with van der Waals surface area (Å²) in [5, 5.41) is 11.2. The molecule has 9 heteroatoms. The topological polar surface area (TPSA) is 91.3 Å². The highest BCUT2D eigenvalue weighted by molar-refractivity contribution is 8.22. The minimum atomic E-state index is -1.26. The van der Waals surface area contributed by atoms with Crippen molar-refractivity contribution in [2.24, 2.45) is 45.8 Å². The van der Waals surface area contributed by atoms with Crippen LogP contribution in [-0.4, -0.2) is 65.8 Å². The Hall–Kier alpha value is -1.26. The lowest BCUT2D eigenvalue weighted by Gasteiger charge is -2.58. The molecule has 1 saturated heterocycles. The molecule has 0 aromatic rings. The van der Waals surface area contributed by atoms with E-state index in [1.165, 1.54) is 11.8 Å². The van der Waals surface area contributed by atoms with Crippen LogP contribution in [0.5, 0.6) is 0 Å². The lowest BCUT2D eigenvalue weighted by Crippen LogP contribution is -2.64. The van der Waals surface area contributed by atoms with E-state index in [9.17, 15) is 14.7 Å². The molecule has 222 valence electrons. The lowest BCUT2D eigenvalue weighted by atomic mass is 9.43. The van der Waals surface area contributed by atoms with Gasteiger partial charge in [0.25, 0.3) is 0 Å². The summed E-state index contributed by atoms with van der Waals surface area (Å²) in [6, 6.07) is 0. The molecule has 0 radical (unpaired) electrons. The molecule has 0 spiro atoms. The van der Waals surface area contributed by atoms with Gasteiger partial charge >= 0.3 is 5.97 Å². The highest BCUT2D eigenvalue weighted by Gasteiger charge is 2.84. The number of carbonyl (C=O) groups excluding carboxylic acids is 1. The summed E-state index contributed by atoms with van der Waals surface area (Å²) in [6.45, 7) is 12.7. The van der Waals surface area contributed by atoms with Gasteiger partial charge < -0.3 is 28.8 Å². The Balaban J connectivity index is 1.47. The summed E-state index contributed by atoms with van der Waals surface area (Å²) in [4.78, 5) is 26.9. The maximum absolute atomic E-state index is 13.7. The fourth-order valence-electron chi connectivity index (χ4n) is 9.67. The number of aliphatic carboxylic acids is 1. The number of aldehydes is 1. The summed E-state index contributed by atoms with van der Waals surface area (Å²) in [7, 11) is 0. The van der Waals surface area contributed by atoms with E-state index in [1.54, 1.807) is 6.08 Å². The molecule has 40 heavy (non-hydrogen) atoms. The second kappa shape index (κ2) is 11.1. The van der Waals surface area contributed by atoms with Gasteiger partial charge in [-0.15, -0.1) is 6.58 Å². The minimum Gasteiger partial charge on any atom is -0.481 e. The zero-order valence-electron chi connectivity index (χ0n) is 24.3. The van der Waals surface area contributed by atoms with Crippen molar-refractivity contribution in [2.45, 2.75) is 84.4 Å². The molecule has 0 aromatic heterocycles. The molecule has 4 fully saturated rings. The second-order valence-electron chi connectivity index (χ2n) is 13.0. The van der Waals surface area contributed by atoms with Crippen LogP contribution in [0.4, 0.5) is 0 Å². The lowest BCUT2D eigenvalue weighted by molar-refractivity contribution is -0.265. The zero-order chi connectivity index (χ0) is 29.0. The van der Waals surface area contributed by atoms with Gasteiger partial charge in [0, 0.05) is 11.8 Å². The molecule has 1 heterocycles. The van der Waals surface area contributed by atoms with Crippen LogP contribution < -0.4 is 0 Å². The van der Waals surface area contributed by atoms with Gasteiger partial charge in [-0.25, -0.2) is 0 Å². The Morgan fingerprint density at radius 3 is 2.67 bits per heavy atom. The predicted octanol–water partition coefficient (Wildman–Crippen LogP) is 5.67. The summed E-state index contributed by atoms with van der Waals surface area (Å²) in [5.74, 6) is -0.00553. The van der Waals surface area contributed by atoms with Crippen LogP contribution in [0.15, 0.2) is 24.3 Å². The third-order valence-electron chi connectivity index (χ3n) is 11.1. The molecule has 5 rings (SSSR count). The number of hydrogen-bond donors (Lipinski definition) is 1. The summed E-state index contributed by atoms with van der Waals surface area (Å²) in [6.07, 6.45) is 8.87. The monoisotopic (exact) mass is 592 g/mol. The minimum absolute atomic E-state index is 0.0205. The smallest absolute Gasteiger partial charge is 0.315 e. The van der Waals surface area contributed by atoms with Gasteiger partial charge in [0.1, 0.15) is 17.8 Å². The predicted molar refractivity (Wildman–Crippen MR) is 158 cm³/mol. The van der Waals surface area contributed by atoms with Gasteiger partial charge in [-0.1, -0.05) is 56.7 Å². The fraction of sp³-hybridized carbons (Fsp3) is 0.774. The van der Waals surface area contributed by atoms with Crippen LogP contribution in [0.3, 0.4) is 0 Å². The first-order valence-electron chi connectivity index (χ1n) is 14.7. The Labute approximate surface area is 247 Å². The Morgan fingerprint density at radius 2 is 2.05 bits per heavy atom. The van der Waals surface area contributed by atoms with Gasteiger partial charge in [0.15, 0.2) is 12.4 Å². The van der Waals surface area contributed by atoms with Gasteiger partial charge in [-0.05, 0) is 74.2 Å². The summed E-state index contributed by atoms with van der Waals surface area (Å²) < 4.78 is 25.5. The summed E-state index contributed by atoms with van der Waals surface area (Å²) in [5.41, 5.74) is -1.95. The molecule has 7 nitrogen and oxygen atoms in total. The molecular weight excluding hydrogens is 548 g/mol. The standard InChI is InChI=1S/C31H44O7S2/c1-7-10-35-24-12-25(37-19(5)26(24)38-28(39)40-6)36-16-30-14-21-18(4)8-9-22(21)29(15-32)13-20(30)11-23(17(2)3)31(29,30)27(33)34/h7,11,15,17-22,24-26H,1,8-10,12-14,16H2,2-6H3,(H,33,34)/t18?,19-,20?,21?,22?,24+,25-,26-,29?,30?,31?/m1/s1. The zero-order valence-corrected chi connectivity index (χ0v) is 25.9. The van der Waals surface area contributed by atoms with Crippen LogP contribution in [0.2, 0.25) is 0 Å². The first kappa shape index (κ1) is 30.2. The maximum atomic E-state index is 13.7. The molecular formula is C31H44O7S2. The molecule has 3 saturated carbocycles. The van der Waals surface area contributed by atoms with Gasteiger partial charge in [-0.3, -0.25) is 4.79 Å². The Morgan fingerprint density at radius 1 is 1.30 bits per heavy atom. The Bertz CT molecular complexity index is 1080. The third-order valence-corrected chi connectivity index (χ3v) is 12.1. The van der Waals surface area contributed by atoms with E-state index in [0.717, 1.165) is 31.1 Å². The van der Waals surface area contributed by atoms with Crippen LogP contribution in [0.1, 0.15) is 59.8 Å². The number of ether oxygens (including phenoxy) is 4. The highest BCUT2D eigenvalue weighted by atomic mass is 32.2. The van der Waals surface area contributed by atoms with Crippen LogP contribution in [-0.2, 0) is 28.5 Å². The van der Waals surface area contributed by atoms with E-state index >= 15 is 0 Å². The quantitative estimate of drug-likeness (QED) is 0.196. The van der Waals surface area contributed by atoms with E-state index in [4.69, 9.17) is 31.2 Å². The van der Waals surface area contributed by atoms with Crippen molar-refractivity contribution in [3.8, 4) is 0 Å². The van der Waals surface area contributed by atoms with Crippen molar-refractivity contribution in [3.63, 3.8) is 0 Å². The highest BCUT2D eigenvalue weighted by Crippen LogP contribution is 2.82. The molecule has 5 aliphatic rings. The first-order valence-corrected chi connectivity index (χ1v) is 16.3. The largest absolute Gasteiger partial charge is 0.481 e. The van der Waals surface area contributed by atoms with Gasteiger partial charge in [0.2, 0.25) is 4.38 Å². The number of fused-ring (bicyclic) bond motifs is 2. The molecule has 7 unspecified atom stereocenters. The SMILES string of the molecule is C=CCO[C@H]1C[C@H](OCC23CC4C(C)CCC4C4(C=O)CC2C=C(C(C)C)C43C(=O)O)O[C@H](C)[C@H]1OC(=S)SC. The average Bonchev–Trinajstić information content (AvgIpc) is 3.49. The molecule has 0 aromatic carbocycles. The number of allylic oxidation sites excluding steroid dienone is 1. The van der Waals surface area contributed by atoms with E-state index < -0.39 is 34.6 Å². The number of carboxylic acids is 1. The van der Waals surface area contributed by atoms with Crippen LogP contribution in [0.25, 0.3) is 0 Å². The number of thioether (sulfide) groups is 1.